The molecule has 0 unspecified atom stereocenters. The largest absolute Gasteiger partial charge is 0.348 e. The lowest BCUT2D eigenvalue weighted by molar-refractivity contribution is -0.114. The second-order valence-corrected chi connectivity index (χ2v) is 10.8. The van der Waals surface area contributed by atoms with Crippen LogP contribution in [0.25, 0.3) is 0 Å². The molecule has 0 aromatic heterocycles. The molecule has 188 valence electrons. The quantitative estimate of drug-likeness (QED) is 0.285. The molecule has 0 aliphatic carbocycles. The Labute approximate surface area is 224 Å². The Hall–Kier alpha value is -3.95. The zero-order chi connectivity index (χ0) is 26.3. The summed E-state index contributed by atoms with van der Waals surface area (Å²) in [5, 5.41) is 5.56. The van der Waals surface area contributed by atoms with Gasteiger partial charge in [-0.25, -0.2) is 8.42 Å². The Kier molecular flexibility index (Phi) is 8.37. The number of anilines is 2. The normalized spacial score (nSPS) is 10.9. The number of benzene rings is 4. The number of carbonyl (C=O) groups is 2. The van der Waals surface area contributed by atoms with Crippen LogP contribution >= 0.6 is 15.9 Å². The van der Waals surface area contributed by atoms with Gasteiger partial charge in [0, 0.05) is 11.0 Å². The summed E-state index contributed by atoms with van der Waals surface area (Å²) < 4.78 is 28.7. The van der Waals surface area contributed by atoms with Crippen LogP contribution in [0.15, 0.2) is 119 Å². The molecular weight excluding hydrogens is 554 g/mol. The first-order valence-electron chi connectivity index (χ1n) is 11.4. The zero-order valence-corrected chi connectivity index (χ0v) is 22.1. The monoisotopic (exact) mass is 577 g/mol. The number of hydrogen-bond acceptors (Lipinski definition) is 4. The summed E-state index contributed by atoms with van der Waals surface area (Å²) in [6.07, 6.45) is 0. The number of carbonyl (C=O) groups excluding carboxylic acids is 2. The second-order valence-electron chi connectivity index (χ2n) is 8.07. The van der Waals surface area contributed by atoms with Crippen LogP contribution in [-0.4, -0.2) is 26.8 Å². The van der Waals surface area contributed by atoms with E-state index < -0.39 is 22.5 Å². The lowest BCUT2D eigenvalue weighted by Crippen LogP contribution is -2.38. The molecule has 0 saturated heterocycles. The Morgan fingerprint density at radius 3 is 2.14 bits per heavy atom. The van der Waals surface area contributed by atoms with Crippen LogP contribution in [0.5, 0.6) is 0 Å². The predicted octanol–water partition coefficient (Wildman–Crippen LogP) is 5.21. The molecule has 4 rings (SSSR count). The molecule has 0 saturated carbocycles. The minimum absolute atomic E-state index is 0.0588. The number of rotatable bonds is 9. The van der Waals surface area contributed by atoms with E-state index in [4.69, 9.17) is 0 Å². The smallest absolute Gasteiger partial charge is 0.264 e. The molecule has 0 radical (unpaired) electrons. The van der Waals surface area contributed by atoms with Gasteiger partial charge in [-0.1, -0.05) is 82.7 Å². The zero-order valence-electron chi connectivity index (χ0n) is 19.7. The molecule has 4 aromatic carbocycles. The Morgan fingerprint density at radius 2 is 1.43 bits per heavy atom. The van der Waals surface area contributed by atoms with Gasteiger partial charge in [-0.05, 0) is 48.0 Å². The SMILES string of the molecule is O=C(CN(c1cccc(Br)c1)S(=O)(=O)c1ccccc1)Nc1ccccc1C(=O)NCc1ccccc1. The number of para-hydroxylation sites is 1. The van der Waals surface area contributed by atoms with Gasteiger partial charge in [-0.15, -0.1) is 0 Å². The third kappa shape index (κ3) is 6.63. The van der Waals surface area contributed by atoms with Crippen molar-refractivity contribution in [3.8, 4) is 0 Å². The molecule has 4 aromatic rings. The first-order chi connectivity index (χ1) is 17.8. The number of halogens is 1. The third-order valence-electron chi connectivity index (χ3n) is 5.46. The molecule has 0 spiro atoms. The fourth-order valence-electron chi connectivity index (χ4n) is 3.65. The van der Waals surface area contributed by atoms with Gasteiger partial charge in [0.25, 0.3) is 15.9 Å². The summed E-state index contributed by atoms with van der Waals surface area (Å²) in [5.74, 6) is -0.955. The third-order valence-corrected chi connectivity index (χ3v) is 7.74. The van der Waals surface area contributed by atoms with E-state index in [1.807, 2.05) is 30.3 Å². The molecule has 0 atom stereocenters. The highest BCUT2D eigenvalue weighted by molar-refractivity contribution is 9.10. The van der Waals surface area contributed by atoms with E-state index >= 15 is 0 Å². The van der Waals surface area contributed by atoms with Gasteiger partial charge >= 0.3 is 0 Å². The molecular formula is C28H24BrN3O4S. The van der Waals surface area contributed by atoms with Crippen molar-refractivity contribution in [2.24, 2.45) is 0 Å². The fraction of sp³-hybridized carbons (Fsp3) is 0.0714. The van der Waals surface area contributed by atoms with Crippen molar-refractivity contribution in [2.45, 2.75) is 11.4 Å². The standard InChI is InChI=1S/C28H24BrN3O4S/c29-22-12-9-13-23(18-22)32(37(35,36)24-14-5-2-6-15-24)20-27(33)31-26-17-8-7-16-25(26)28(34)30-19-21-10-3-1-4-11-21/h1-18H,19-20H2,(H,30,34)(H,31,33). The van der Waals surface area contributed by atoms with Gasteiger partial charge in [0.15, 0.2) is 0 Å². The van der Waals surface area contributed by atoms with Gasteiger partial charge in [0.2, 0.25) is 5.91 Å². The lowest BCUT2D eigenvalue weighted by atomic mass is 10.1. The van der Waals surface area contributed by atoms with Gasteiger partial charge in [-0.3, -0.25) is 13.9 Å². The molecule has 0 heterocycles. The molecule has 2 N–H and O–H groups in total. The average molecular weight is 578 g/mol. The van der Waals surface area contributed by atoms with Crippen LogP contribution in [0.2, 0.25) is 0 Å². The van der Waals surface area contributed by atoms with Crippen LogP contribution in [-0.2, 0) is 21.4 Å². The molecule has 0 aliphatic rings. The molecule has 0 fully saturated rings. The Balaban J connectivity index is 1.56. The molecule has 7 nitrogen and oxygen atoms in total. The van der Waals surface area contributed by atoms with Crippen molar-refractivity contribution in [3.63, 3.8) is 0 Å². The number of nitrogens with zero attached hydrogens (tertiary/aromatic N) is 1. The Morgan fingerprint density at radius 1 is 0.784 bits per heavy atom. The maximum Gasteiger partial charge on any atom is 0.264 e. The maximum absolute atomic E-state index is 13.5. The maximum atomic E-state index is 13.5. The van der Waals surface area contributed by atoms with Crippen molar-refractivity contribution in [2.75, 3.05) is 16.2 Å². The number of nitrogens with one attached hydrogen (secondary N) is 2. The van der Waals surface area contributed by atoms with Gasteiger partial charge in [0.05, 0.1) is 21.8 Å². The average Bonchev–Trinajstić information content (AvgIpc) is 2.91. The van der Waals surface area contributed by atoms with Gasteiger partial charge in [-0.2, -0.15) is 0 Å². The van der Waals surface area contributed by atoms with Crippen molar-refractivity contribution in [1.82, 2.24) is 5.32 Å². The van der Waals surface area contributed by atoms with Crippen LogP contribution in [0.1, 0.15) is 15.9 Å². The van der Waals surface area contributed by atoms with Gasteiger partial charge < -0.3 is 10.6 Å². The highest BCUT2D eigenvalue weighted by Crippen LogP contribution is 2.26. The van der Waals surface area contributed by atoms with Crippen molar-refractivity contribution in [1.29, 1.82) is 0 Å². The summed E-state index contributed by atoms with van der Waals surface area (Å²) in [5.41, 5.74) is 1.81. The van der Waals surface area contributed by atoms with E-state index in [-0.39, 0.29) is 22.1 Å². The minimum Gasteiger partial charge on any atom is -0.348 e. The summed E-state index contributed by atoms with van der Waals surface area (Å²) in [7, 11) is -4.05. The second kappa shape index (κ2) is 11.9. The molecule has 0 bridgehead atoms. The van der Waals surface area contributed by atoms with Crippen molar-refractivity contribution < 1.29 is 18.0 Å². The van der Waals surface area contributed by atoms with E-state index in [1.54, 1.807) is 66.7 Å². The summed E-state index contributed by atoms with van der Waals surface area (Å²) in [6, 6.07) is 30.7. The van der Waals surface area contributed by atoms with Crippen LogP contribution in [0.4, 0.5) is 11.4 Å². The summed E-state index contributed by atoms with van der Waals surface area (Å²) in [6.45, 7) is -0.165. The van der Waals surface area contributed by atoms with E-state index in [2.05, 4.69) is 26.6 Å². The highest BCUT2D eigenvalue weighted by Gasteiger charge is 2.27. The molecule has 0 aliphatic heterocycles. The van der Waals surface area contributed by atoms with Crippen molar-refractivity contribution in [3.05, 3.63) is 125 Å². The predicted molar refractivity (Wildman–Crippen MR) is 148 cm³/mol. The van der Waals surface area contributed by atoms with E-state index in [1.165, 1.54) is 12.1 Å². The topological polar surface area (TPSA) is 95.6 Å². The van der Waals surface area contributed by atoms with E-state index in [0.717, 1.165) is 9.87 Å². The van der Waals surface area contributed by atoms with E-state index in [9.17, 15) is 18.0 Å². The van der Waals surface area contributed by atoms with Crippen LogP contribution in [0.3, 0.4) is 0 Å². The molecule has 9 heteroatoms. The first-order valence-corrected chi connectivity index (χ1v) is 13.6. The summed E-state index contributed by atoms with van der Waals surface area (Å²) in [4.78, 5) is 26.1. The number of hydrogen-bond donors (Lipinski definition) is 2. The molecule has 2 amide bonds. The lowest BCUT2D eigenvalue weighted by Gasteiger charge is -2.24. The van der Waals surface area contributed by atoms with Crippen molar-refractivity contribution >= 4 is 49.1 Å². The minimum atomic E-state index is -4.05. The van der Waals surface area contributed by atoms with Crippen LogP contribution < -0.4 is 14.9 Å². The van der Waals surface area contributed by atoms with Crippen LogP contribution in [0, 0.1) is 0 Å². The van der Waals surface area contributed by atoms with E-state index in [0.29, 0.717) is 16.7 Å². The Bertz CT molecular complexity index is 1500. The van der Waals surface area contributed by atoms with Gasteiger partial charge in [0.1, 0.15) is 6.54 Å². The number of amides is 2. The molecule has 37 heavy (non-hydrogen) atoms. The highest BCUT2D eigenvalue weighted by atomic mass is 79.9. The fourth-order valence-corrected chi connectivity index (χ4v) is 5.47. The number of sulfonamides is 1. The summed E-state index contributed by atoms with van der Waals surface area (Å²) >= 11 is 3.36. The first kappa shape index (κ1) is 26.1.